The first-order valence-electron chi connectivity index (χ1n) is 7.31. The molecular weight excluding hydrogens is 264 g/mol. The summed E-state index contributed by atoms with van der Waals surface area (Å²) in [5.41, 5.74) is 2.47. The predicted octanol–water partition coefficient (Wildman–Crippen LogP) is 2.21. The number of benzene rings is 1. The number of hydrogen-bond donors (Lipinski definition) is 2. The van der Waals surface area contributed by atoms with Crippen LogP contribution in [-0.4, -0.2) is 19.0 Å². The molecule has 0 aliphatic carbocycles. The summed E-state index contributed by atoms with van der Waals surface area (Å²) in [6.07, 6.45) is 1.62. The molecular formula is C17H20N2O2. The molecule has 1 aliphatic rings. The Labute approximate surface area is 124 Å². The number of carbonyl (C=O) groups excluding carboxylic acids is 1. The van der Waals surface area contributed by atoms with Gasteiger partial charge in [-0.15, -0.1) is 0 Å². The summed E-state index contributed by atoms with van der Waals surface area (Å²) < 4.78 is 5.24. The molecule has 2 aromatic rings. The fourth-order valence-electron chi connectivity index (χ4n) is 2.84. The zero-order valence-corrected chi connectivity index (χ0v) is 12.1. The van der Waals surface area contributed by atoms with Crippen molar-refractivity contribution in [1.29, 1.82) is 0 Å². The molecule has 1 amide bonds. The Bertz CT molecular complexity index is 590. The minimum Gasteiger partial charge on any atom is -0.467 e. The molecule has 1 fully saturated rings. The Kier molecular flexibility index (Phi) is 4.06. The first kappa shape index (κ1) is 13.9. The molecule has 2 N–H and O–H groups in total. The molecule has 3 rings (SSSR count). The molecule has 1 saturated heterocycles. The van der Waals surface area contributed by atoms with Gasteiger partial charge in [-0.05, 0) is 24.6 Å². The summed E-state index contributed by atoms with van der Waals surface area (Å²) in [5.74, 6) is 1.08. The SMILES string of the molecule is Cc1ccc(C2CNCC2C(=O)NCc2ccco2)cc1. The molecule has 2 heterocycles. The van der Waals surface area contributed by atoms with E-state index in [2.05, 4.69) is 41.8 Å². The first-order valence-corrected chi connectivity index (χ1v) is 7.31. The van der Waals surface area contributed by atoms with Crippen molar-refractivity contribution in [2.45, 2.75) is 19.4 Å². The number of furan rings is 1. The molecule has 1 aliphatic heterocycles. The van der Waals surface area contributed by atoms with Crippen molar-refractivity contribution >= 4 is 5.91 Å². The fraction of sp³-hybridized carbons (Fsp3) is 0.353. The van der Waals surface area contributed by atoms with Crippen LogP contribution in [0.15, 0.2) is 47.1 Å². The largest absolute Gasteiger partial charge is 0.467 e. The molecule has 110 valence electrons. The highest BCUT2D eigenvalue weighted by Crippen LogP contribution is 2.28. The van der Waals surface area contributed by atoms with Crippen molar-refractivity contribution in [3.8, 4) is 0 Å². The van der Waals surface area contributed by atoms with E-state index in [1.54, 1.807) is 6.26 Å². The van der Waals surface area contributed by atoms with E-state index >= 15 is 0 Å². The highest BCUT2D eigenvalue weighted by Gasteiger charge is 2.33. The highest BCUT2D eigenvalue weighted by molar-refractivity contribution is 5.80. The molecule has 4 heteroatoms. The average molecular weight is 284 g/mol. The number of rotatable bonds is 4. The zero-order valence-electron chi connectivity index (χ0n) is 12.1. The standard InChI is InChI=1S/C17H20N2O2/c1-12-4-6-13(7-5-12)15-10-18-11-16(15)17(20)19-9-14-3-2-8-21-14/h2-8,15-16,18H,9-11H2,1H3,(H,19,20). The van der Waals surface area contributed by atoms with Gasteiger partial charge in [-0.3, -0.25) is 4.79 Å². The second kappa shape index (κ2) is 6.14. The Hall–Kier alpha value is -2.07. The van der Waals surface area contributed by atoms with Crippen molar-refractivity contribution in [3.63, 3.8) is 0 Å². The van der Waals surface area contributed by atoms with Gasteiger partial charge in [0.2, 0.25) is 5.91 Å². The molecule has 2 unspecified atom stereocenters. The number of aryl methyl sites for hydroxylation is 1. The van der Waals surface area contributed by atoms with E-state index in [0.29, 0.717) is 6.54 Å². The van der Waals surface area contributed by atoms with Crippen LogP contribution in [0.2, 0.25) is 0 Å². The number of carbonyl (C=O) groups is 1. The van der Waals surface area contributed by atoms with E-state index in [9.17, 15) is 4.79 Å². The molecule has 0 spiro atoms. The Morgan fingerprint density at radius 1 is 1.29 bits per heavy atom. The van der Waals surface area contributed by atoms with E-state index in [1.807, 2.05) is 12.1 Å². The lowest BCUT2D eigenvalue weighted by Gasteiger charge is -2.18. The maximum atomic E-state index is 12.4. The second-order valence-electron chi connectivity index (χ2n) is 5.58. The third kappa shape index (κ3) is 3.16. The van der Waals surface area contributed by atoms with Crippen molar-refractivity contribution in [1.82, 2.24) is 10.6 Å². The lowest BCUT2D eigenvalue weighted by Crippen LogP contribution is -2.33. The van der Waals surface area contributed by atoms with E-state index in [1.165, 1.54) is 11.1 Å². The van der Waals surface area contributed by atoms with Crippen LogP contribution in [0.3, 0.4) is 0 Å². The summed E-state index contributed by atoms with van der Waals surface area (Å²) in [6.45, 7) is 4.09. The van der Waals surface area contributed by atoms with Gasteiger partial charge in [-0.1, -0.05) is 29.8 Å². The molecule has 1 aromatic heterocycles. The summed E-state index contributed by atoms with van der Waals surface area (Å²) in [7, 11) is 0. The van der Waals surface area contributed by atoms with E-state index < -0.39 is 0 Å². The highest BCUT2D eigenvalue weighted by atomic mass is 16.3. The molecule has 0 saturated carbocycles. The smallest absolute Gasteiger partial charge is 0.225 e. The van der Waals surface area contributed by atoms with E-state index in [-0.39, 0.29) is 17.7 Å². The molecule has 21 heavy (non-hydrogen) atoms. The van der Waals surface area contributed by atoms with Gasteiger partial charge in [0.05, 0.1) is 18.7 Å². The quantitative estimate of drug-likeness (QED) is 0.905. The predicted molar refractivity (Wildman–Crippen MR) is 80.8 cm³/mol. The van der Waals surface area contributed by atoms with E-state index in [4.69, 9.17) is 4.42 Å². The van der Waals surface area contributed by atoms with Gasteiger partial charge < -0.3 is 15.1 Å². The van der Waals surface area contributed by atoms with Gasteiger partial charge in [0.25, 0.3) is 0 Å². The van der Waals surface area contributed by atoms with Crippen molar-refractivity contribution in [2.75, 3.05) is 13.1 Å². The molecule has 2 atom stereocenters. The van der Waals surface area contributed by atoms with Gasteiger partial charge in [-0.2, -0.15) is 0 Å². The maximum Gasteiger partial charge on any atom is 0.225 e. The minimum atomic E-state index is -0.0253. The molecule has 0 radical (unpaired) electrons. The number of hydrogen-bond acceptors (Lipinski definition) is 3. The van der Waals surface area contributed by atoms with E-state index in [0.717, 1.165) is 18.8 Å². The lowest BCUT2D eigenvalue weighted by atomic mass is 9.88. The third-order valence-electron chi connectivity index (χ3n) is 4.07. The van der Waals surface area contributed by atoms with Gasteiger partial charge in [0, 0.05) is 19.0 Å². The summed E-state index contributed by atoms with van der Waals surface area (Å²) in [6, 6.07) is 12.1. The lowest BCUT2D eigenvalue weighted by molar-refractivity contribution is -0.125. The van der Waals surface area contributed by atoms with Gasteiger partial charge in [0.1, 0.15) is 5.76 Å². The summed E-state index contributed by atoms with van der Waals surface area (Å²) in [4.78, 5) is 12.4. The summed E-state index contributed by atoms with van der Waals surface area (Å²) in [5, 5.41) is 6.29. The monoisotopic (exact) mass is 284 g/mol. The summed E-state index contributed by atoms with van der Waals surface area (Å²) >= 11 is 0. The van der Waals surface area contributed by atoms with Crippen LogP contribution >= 0.6 is 0 Å². The zero-order chi connectivity index (χ0) is 14.7. The number of nitrogens with one attached hydrogen (secondary N) is 2. The average Bonchev–Trinajstić information content (AvgIpc) is 3.17. The normalized spacial score (nSPS) is 21.4. The van der Waals surface area contributed by atoms with Crippen molar-refractivity contribution in [2.24, 2.45) is 5.92 Å². The fourth-order valence-corrected chi connectivity index (χ4v) is 2.84. The maximum absolute atomic E-state index is 12.4. The second-order valence-corrected chi connectivity index (χ2v) is 5.58. The van der Waals surface area contributed by atoms with Crippen LogP contribution in [-0.2, 0) is 11.3 Å². The number of amides is 1. The first-order chi connectivity index (χ1) is 10.2. The topological polar surface area (TPSA) is 54.3 Å². The Morgan fingerprint density at radius 3 is 2.81 bits per heavy atom. The van der Waals surface area contributed by atoms with Crippen LogP contribution < -0.4 is 10.6 Å². The van der Waals surface area contributed by atoms with Crippen LogP contribution in [0, 0.1) is 12.8 Å². The van der Waals surface area contributed by atoms with Gasteiger partial charge in [-0.25, -0.2) is 0 Å². The minimum absolute atomic E-state index is 0.0253. The van der Waals surface area contributed by atoms with Crippen molar-refractivity contribution < 1.29 is 9.21 Å². The van der Waals surface area contributed by atoms with Gasteiger partial charge >= 0.3 is 0 Å². The van der Waals surface area contributed by atoms with Crippen molar-refractivity contribution in [3.05, 3.63) is 59.5 Å². The molecule has 4 nitrogen and oxygen atoms in total. The Morgan fingerprint density at radius 2 is 2.10 bits per heavy atom. The molecule has 1 aromatic carbocycles. The molecule has 0 bridgehead atoms. The van der Waals surface area contributed by atoms with Crippen LogP contribution in [0.4, 0.5) is 0 Å². The van der Waals surface area contributed by atoms with Gasteiger partial charge in [0.15, 0.2) is 0 Å². The third-order valence-corrected chi connectivity index (χ3v) is 4.07. The van der Waals surface area contributed by atoms with Crippen LogP contribution in [0.25, 0.3) is 0 Å². The van der Waals surface area contributed by atoms with Crippen LogP contribution in [0.1, 0.15) is 22.8 Å². The Balaban J connectivity index is 1.65. The van der Waals surface area contributed by atoms with Crippen LogP contribution in [0.5, 0.6) is 0 Å².